The third-order valence-electron chi connectivity index (χ3n) is 2.09. The van der Waals surface area contributed by atoms with Gasteiger partial charge >= 0.3 is 0 Å². The summed E-state index contributed by atoms with van der Waals surface area (Å²) in [5.41, 5.74) is -0.824. The molecule has 0 aliphatic rings. The fourth-order valence-corrected chi connectivity index (χ4v) is 1.07. The molecule has 7 heteroatoms. The van der Waals surface area contributed by atoms with E-state index in [0.29, 0.717) is 0 Å². The normalized spacial score (nSPS) is 18.8. The molecule has 0 heterocycles. The predicted octanol–water partition coefficient (Wildman–Crippen LogP) is -2.60. The summed E-state index contributed by atoms with van der Waals surface area (Å²) in [5.74, 6) is -1.29. The first kappa shape index (κ1) is 13.9. The minimum atomic E-state index is -2.16. The highest BCUT2D eigenvalue weighted by Crippen LogP contribution is 2.09. The van der Waals surface area contributed by atoms with Gasteiger partial charge in [0.15, 0.2) is 12.0 Å². The molecule has 0 saturated heterocycles. The van der Waals surface area contributed by atoms with E-state index in [0.717, 1.165) is 0 Å². The van der Waals surface area contributed by atoms with Gasteiger partial charge in [-0.05, 0) is 0 Å². The second-order valence-corrected chi connectivity index (χ2v) is 3.39. The summed E-state index contributed by atoms with van der Waals surface area (Å²) in [6.45, 7) is 2.65. The Hall–Kier alpha value is -1.12. The number of Topliss-reactive ketones (excluding diaryl/α,β-unsaturated/α-hetero) is 1. The van der Waals surface area contributed by atoms with Gasteiger partial charge in [0.05, 0.1) is 12.2 Å². The highest BCUT2D eigenvalue weighted by atomic mass is 16.5. The topological polar surface area (TPSA) is 124 Å². The van der Waals surface area contributed by atoms with Gasteiger partial charge in [-0.1, -0.05) is 6.58 Å². The van der Waals surface area contributed by atoms with Gasteiger partial charge in [0.2, 0.25) is 0 Å². The molecule has 0 bridgehead atoms. The first-order chi connectivity index (χ1) is 8.23. The zero-order chi connectivity index (χ0) is 14.5. The maximum absolute atomic E-state index is 11.3. The van der Waals surface area contributed by atoms with E-state index in [1.165, 1.54) is 7.11 Å². The molecule has 0 saturated carbocycles. The van der Waals surface area contributed by atoms with Crippen LogP contribution in [0.25, 0.3) is 0 Å². The van der Waals surface area contributed by atoms with Crippen LogP contribution < -0.4 is 0 Å². The van der Waals surface area contributed by atoms with E-state index >= 15 is 0 Å². The Bertz CT molecular complexity index is 330. The van der Waals surface area contributed by atoms with Crippen LogP contribution >= 0.6 is 0 Å². The Morgan fingerprint density at radius 1 is 1.41 bits per heavy atom. The van der Waals surface area contributed by atoms with Crippen molar-refractivity contribution in [2.45, 2.75) is 24.4 Å². The maximum Gasteiger partial charge on any atom is 0.196 e. The van der Waals surface area contributed by atoms with Gasteiger partial charge in [-0.15, -0.1) is 0 Å². The first-order valence-electron chi connectivity index (χ1n) is 5.19. The van der Waals surface area contributed by atoms with Gasteiger partial charge in [0.1, 0.15) is 25.8 Å². The third-order valence-corrected chi connectivity index (χ3v) is 2.09. The molecule has 0 aromatic carbocycles. The lowest BCUT2D eigenvalue weighted by Crippen LogP contribution is -2.49. The minimum absolute atomic E-state index is 0.322. The van der Waals surface area contributed by atoms with Crippen LogP contribution in [0, 0.1) is 0 Å². The van der Waals surface area contributed by atoms with Crippen molar-refractivity contribution in [3.05, 3.63) is 12.2 Å². The van der Waals surface area contributed by atoms with Gasteiger partial charge < -0.3 is 25.2 Å². The zero-order valence-electron chi connectivity index (χ0n) is 10.2. The summed E-state index contributed by atoms with van der Waals surface area (Å²) in [6.07, 6.45) is -8.96. The molecule has 0 fully saturated rings. The van der Waals surface area contributed by atoms with Crippen molar-refractivity contribution in [2.75, 3.05) is 13.7 Å². The average Bonchev–Trinajstić information content (AvgIpc) is 2.34. The average molecular weight is 249 g/mol. The van der Waals surface area contributed by atoms with Gasteiger partial charge in [0, 0.05) is 7.11 Å². The van der Waals surface area contributed by atoms with Crippen LogP contribution in [-0.2, 0) is 14.3 Å². The van der Waals surface area contributed by atoms with Crippen molar-refractivity contribution in [3.63, 3.8) is 0 Å². The van der Waals surface area contributed by atoms with E-state index in [1.54, 1.807) is 0 Å². The minimum Gasteiger partial charge on any atom is -0.388 e. The molecule has 0 spiro atoms. The van der Waals surface area contributed by atoms with Crippen LogP contribution in [0.5, 0.6) is 0 Å². The van der Waals surface area contributed by atoms with Gasteiger partial charge in [-0.2, -0.15) is 0 Å². The fourth-order valence-electron chi connectivity index (χ4n) is 1.07. The number of carbonyl (C=O) groups is 2. The van der Waals surface area contributed by atoms with Gasteiger partial charge in [-0.3, -0.25) is 9.59 Å². The summed E-state index contributed by atoms with van der Waals surface area (Å²) < 4.78 is 11.1. The molecule has 17 heavy (non-hydrogen) atoms. The molecule has 4 N–H and O–H groups in total. The van der Waals surface area contributed by atoms with E-state index in [2.05, 4.69) is 11.3 Å². The molecule has 0 aromatic rings. The molecule has 0 unspecified atom stereocenters. The van der Waals surface area contributed by atoms with Gasteiger partial charge in [0.25, 0.3) is 0 Å². The molecule has 0 aliphatic carbocycles. The number of methoxy groups -OCH3 is 1. The lowest BCUT2D eigenvalue weighted by atomic mass is 9.97. The van der Waals surface area contributed by atoms with Crippen LogP contribution in [0.3, 0.4) is 0 Å². The quantitative estimate of drug-likeness (QED) is 0.161. The Kier molecular flexibility index (Phi) is 5.95. The number of aldehydes is 1. The number of aliphatic hydroxyl groups is 4. The Balaban J connectivity index is 4.68. The standard InChI is InChI=1S/C10H16O7/c1-5(3-11)7(13)9(15)10(16)8(14)6(12)4-17-2/h3,6,8-10,12,14-16H,1,4H2,2H3/t6-,8-,9+,10+/m1/s1/i3D. The molecule has 4 atom stereocenters. The molecule has 0 radical (unpaired) electrons. The molecule has 0 aliphatic heterocycles. The van der Waals surface area contributed by atoms with E-state index in [9.17, 15) is 30.0 Å². The van der Waals surface area contributed by atoms with Crippen LogP contribution in [0.2, 0.25) is 0 Å². The lowest BCUT2D eigenvalue weighted by Gasteiger charge is -2.25. The molecule has 7 nitrogen and oxygen atoms in total. The second-order valence-electron chi connectivity index (χ2n) is 3.39. The number of hydrogen-bond donors (Lipinski definition) is 4. The van der Waals surface area contributed by atoms with E-state index in [4.69, 9.17) is 1.37 Å². The summed E-state index contributed by atoms with van der Waals surface area (Å²) in [4.78, 5) is 21.9. The van der Waals surface area contributed by atoms with Crippen LogP contribution in [0.15, 0.2) is 12.2 Å². The highest BCUT2D eigenvalue weighted by Gasteiger charge is 2.34. The SMILES string of the molecule is [2H]C(=O)C(=C)C(=O)[C@H](O)[C@@H](O)[C@H](O)[C@H](O)COC. The monoisotopic (exact) mass is 249 g/mol. The summed E-state index contributed by atoms with van der Waals surface area (Å²) in [5, 5.41) is 37.5. The van der Waals surface area contributed by atoms with E-state index in [-0.39, 0.29) is 6.61 Å². The maximum atomic E-state index is 11.3. The second kappa shape index (κ2) is 7.25. The van der Waals surface area contributed by atoms with Crippen molar-refractivity contribution >= 4 is 12.0 Å². The zero-order valence-corrected chi connectivity index (χ0v) is 9.24. The summed E-state index contributed by atoms with van der Waals surface area (Å²) in [6, 6.07) is 0. The molecule has 98 valence electrons. The smallest absolute Gasteiger partial charge is 0.196 e. The Labute approximate surface area is 99.4 Å². The van der Waals surface area contributed by atoms with Crippen LogP contribution in [0.4, 0.5) is 0 Å². The number of ketones is 1. The van der Waals surface area contributed by atoms with Gasteiger partial charge in [-0.25, -0.2) is 0 Å². The fraction of sp³-hybridized carbons (Fsp3) is 0.600. The third kappa shape index (κ3) is 4.33. The van der Waals surface area contributed by atoms with Crippen molar-refractivity contribution in [2.24, 2.45) is 0 Å². The van der Waals surface area contributed by atoms with Crippen molar-refractivity contribution < 1.29 is 36.1 Å². The molecular weight excluding hydrogens is 232 g/mol. The number of ether oxygens (including phenoxy) is 1. The summed E-state index contributed by atoms with van der Waals surface area (Å²) >= 11 is 0. The van der Waals surface area contributed by atoms with Crippen LogP contribution in [-0.4, -0.2) is 70.6 Å². The highest BCUT2D eigenvalue weighted by molar-refractivity contribution is 6.13. The van der Waals surface area contributed by atoms with Crippen molar-refractivity contribution in [3.8, 4) is 0 Å². The first-order valence-corrected chi connectivity index (χ1v) is 4.69. The lowest BCUT2D eigenvalue weighted by molar-refractivity contribution is -0.144. The molecule has 0 aromatic heterocycles. The van der Waals surface area contributed by atoms with E-state index in [1.807, 2.05) is 0 Å². The summed E-state index contributed by atoms with van der Waals surface area (Å²) in [7, 11) is 1.24. The number of rotatable bonds is 8. The number of aliphatic hydroxyl groups excluding tert-OH is 4. The molecule has 0 amide bonds. The van der Waals surface area contributed by atoms with Crippen molar-refractivity contribution in [1.29, 1.82) is 0 Å². The van der Waals surface area contributed by atoms with Crippen LogP contribution in [0.1, 0.15) is 1.37 Å². The van der Waals surface area contributed by atoms with Crippen molar-refractivity contribution in [1.82, 2.24) is 0 Å². The predicted molar refractivity (Wildman–Crippen MR) is 56.1 cm³/mol. The Morgan fingerprint density at radius 3 is 2.35 bits per heavy atom. The van der Waals surface area contributed by atoms with E-state index < -0.39 is 42.0 Å². The Morgan fingerprint density at radius 2 is 1.94 bits per heavy atom. The molecular formula is C10H16O7. The largest absolute Gasteiger partial charge is 0.388 e. The molecule has 0 rings (SSSR count). The number of carbonyl (C=O) groups excluding carboxylic acids is 2. The number of hydrogen-bond acceptors (Lipinski definition) is 7.